The highest BCUT2D eigenvalue weighted by molar-refractivity contribution is 7.89. The number of nitrogens with zero attached hydrogens (tertiary/aromatic N) is 4. The SMILES string of the molecule is C[C@H]1[C@H](CCN(C)C)COCCN1S(=O)(=O)c1cn(C)cn1. The molecule has 8 heteroatoms. The van der Waals surface area contributed by atoms with Crippen LogP contribution in [0.4, 0.5) is 0 Å². The zero-order valence-electron chi connectivity index (χ0n) is 13.8. The maximum Gasteiger partial charge on any atom is 0.262 e. The molecule has 0 bridgehead atoms. The molecule has 2 heterocycles. The van der Waals surface area contributed by atoms with Crippen molar-refractivity contribution in [2.75, 3.05) is 40.4 Å². The third-order valence-corrected chi connectivity index (χ3v) is 6.00. The lowest BCUT2D eigenvalue weighted by atomic mass is 9.98. The summed E-state index contributed by atoms with van der Waals surface area (Å²) in [5, 5.41) is 0.107. The van der Waals surface area contributed by atoms with Gasteiger partial charge in [-0.15, -0.1) is 0 Å². The van der Waals surface area contributed by atoms with Gasteiger partial charge in [0.1, 0.15) is 0 Å². The van der Waals surface area contributed by atoms with Gasteiger partial charge in [0.2, 0.25) is 0 Å². The first kappa shape index (κ1) is 17.4. The summed E-state index contributed by atoms with van der Waals surface area (Å²) in [7, 11) is 2.22. The summed E-state index contributed by atoms with van der Waals surface area (Å²) in [6.45, 7) is 4.28. The number of ether oxygens (including phenoxy) is 1. The van der Waals surface area contributed by atoms with Crippen molar-refractivity contribution in [2.24, 2.45) is 13.0 Å². The molecule has 0 aromatic carbocycles. The van der Waals surface area contributed by atoms with Crippen LogP contribution in [-0.4, -0.2) is 73.6 Å². The van der Waals surface area contributed by atoms with Crippen molar-refractivity contribution in [3.05, 3.63) is 12.5 Å². The first-order valence-electron chi connectivity index (χ1n) is 7.54. The number of imidazole rings is 1. The van der Waals surface area contributed by atoms with Crippen molar-refractivity contribution in [2.45, 2.75) is 24.4 Å². The maximum atomic E-state index is 12.8. The van der Waals surface area contributed by atoms with Crippen molar-refractivity contribution in [1.82, 2.24) is 18.8 Å². The molecule has 0 amide bonds. The number of aromatic nitrogens is 2. The van der Waals surface area contributed by atoms with E-state index in [0.29, 0.717) is 19.8 Å². The molecule has 22 heavy (non-hydrogen) atoms. The molecule has 0 unspecified atom stereocenters. The van der Waals surface area contributed by atoms with E-state index < -0.39 is 10.0 Å². The Bertz CT molecular complexity index is 585. The Labute approximate surface area is 132 Å². The fourth-order valence-corrected chi connectivity index (χ4v) is 4.34. The molecular formula is C14H26N4O3S. The van der Waals surface area contributed by atoms with Crippen LogP contribution in [0.25, 0.3) is 0 Å². The van der Waals surface area contributed by atoms with Crippen molar-refractivity contribution in [3.63, 3.8) is 0 Å². The Hall–Kier alpha value is -0.960. The fraction of sp³-hybridized carbons (Fsp3) is 0.786. The Morgan fingerprint density at radius 2 is 2.18 bits per heavy atom. The molecule has 0 saturated carbocycles. The molecule has 0 aliphatic carbocycles. The van der Waals surface area contributed by atoms with Crippen LogP contribution in [0.3, 0.4) is 0 Å². The minimum Gasteiger partial charge on any atom is -0.380 e. The Morgan fingerprint density at radius 1 is 1.45 bits per heavy atom. The van der Waals surface area contributed by atoms with Crippen LogP contribution < -0.4 is 0 Å². The fourth-order valence-electron chi connectivity index (χ4n) is 2.70. The van der Waals surface area contributed by atoms with Gasteiger partial charge in [-0.2, -0.15) is 4.31 Å². The van der Waals surface area contributed by atoms with Gasteiger partial charge >= 0.3 is 0 Å². The van der Waals surface area contributed by atoms with Gasteiger partial charge in [-0.05, 0) is 39.9 Å². The van der Waals surface area contributed by atoms with E-state index in [2.05, 4.69) is 9.88 Å². The summed E-state index contributed by atoms with van der Waals surface area (Å²) in [4.78, 5) is 6.12. The number of sulfonamides is 1. The molecule has 0 N–H and O–H groups in total. The normalized spacial score (nSPS) is 24.6. The molecule has 1 saturated heterocycles. The standard InChI is InChI=1S/C14H26N4O3S/c1-12-13(5-6-16(2)3)10-21-8-7-18(12)22(19,20)14-9-17(4)11-15-14/h9,11-13H,5-8,10H2,1-4H3/t12-,13+/m0/s1. The molecular weight excluding hydrogens is 304 g/mol. The second kappa shape index (κ2) is 7.08. The molecule has 1 aromatic rings. The van der Waals surface area contributed by atoms with E-state index in [9.17, 15) is 8.42 Å². The third kappa shape index (κ3) is 3.87. The van der Waals surface area contributed by atoms with E-state index in [1.54, 1.807) is 22.1 Å². The van der Waals surface area contributed by atoms with Crippen molar-refractivity contribution in [3.8, 4) is 0 Å². The number of hydrogen-bond donors (Lipinski definition) is 0. The van der Waals surface area contributed by atoms with Gasteiger partial charge in [0.05, 0.1) is 19.5 Å². The molecule has 1 fully saturated rings. The summed E-state index contributed by atoms with van der Waals surface area (Å²) in [5.41, 5.74) is 0. The summed E-state index contributed by atoms with van der Waals surface area (Å²) in [5.74, 6) is 0.184. The van der Waals surface area contributed by atoms with Gasteiger partial charge < -0.3 is 14.2 Å². The molecule has 1 aliphatic rings. The molecule has 1 aromatic heterocycles. The monoisotopic (exact) mass is 330 g/mol. The average molecular weight is 330 g/mol. The van der Waals surface area contributed by atoms with Crippen LogP contribution >= 0.6 is 0 Å². The van der Waals surface area contributed by atoms with E-state index in [-0.39, 0.29) is 17.0 Å². The van der Waals surface area contributed by atoms with Crippen molar-refractivity contribution in [1.29, 1.82) is 0 Å². The lowest BCUT2D eigenvalue weighted by Gasteiger charge is -2.30. The van der Waals surface area contributed by atoms with Gasteiger partial charge in [-0.1, -0.05) is 0 Å². The first-order valence-corrected chi connectivity index (χ1v) is 8.98. The van der Waals surface area contributed by atoms with Crippen molar-refractivity contribution >= 4 is 10.0 Å². The zero-order valence-corrected chi connectivity index (χ0v) is 14.6. The Kier molecular flexibility index (Phi) is 5.60. The van der Waals surface area contributed by atoms with Gasteiger partial charge in [-0.3, -0.25) is 0 Å². The lowest BCUT2D eigenvalue weighted by Crippen LogP contribution is -2.43. The highest BCUT2D eigenvalue weighted by atomic mass is 32.2. The molecule has 2 atom stereocenters. The second-order valence-corrected chi connectivity index (χ2v) is 8.00. The average Bonchev–Trinajstić information content (AvgIpc) is 2.79. The molecule has 2 rings (SSSR count). The van der Waals surface area contributed by atoms with Crippen LogP contribution in [0.15, 0.2) is 17.6 Å². The quantitative estimate of drug-likeness (QED) is 0.782. The Balaban J connectivity index is 2.20. The highest BCUT2D eigenvalue weighted by Crippen LogP contribution is 2.25. The minimum atomic E-state index is -3.58. The van der Waals surface area contributed by atoms with E-state index in [1.165, 1.54) is 6.33 Å². The van der Waals surface area contributed by atoms with Gasteiger partial charge in [-0.25, -0.2) is 13.4 Å². The number of aryl methyl sites for hydroxylation is 1. The van der Waals surface area contributed by atoms with Gasteiger partial charge in [0.15, 0.2) is 5.03 Å². The molecule has 7 nitrogen and oxygen atoms in total. The van der Waals surface area contributed by atoms with E-state index in [1.807, 2.05) is 21.0 Å². The van der Waals surface area contributed by atoms with Gasteiger partial charge in [0, 0.05) is 25.8 Å². The predicted molar refractivity (Wildman–Crippen MR) is 84.0 cm³/mol. The van der Waals surface area contributed by atoms with Gasteiger partial charge in [0.25, 0.3) is 10.0 Å². The van der Waals surface area contributed by atoms with E-state index in [0.717, 1.165) is 13.0 Å². The first-order chi connectivity index (χ1) is 10.3. The smallest absolute Gasteiger partial charge is 0.262 e. The summed E-state index contributed by atoms with van der Waals surface area (Å²) in [6, 6.07) is -0.102. The zero-order chi connectivity index (χ0) is 16.3. The predicted octanol–water partition coefficient (Wildman–Crippen LogP) is 0.397. The van der Waals surface area contributed by atoms with Crippen molar-refractivity contribution < 1.29 is 13.2 Å². The molecule has 0 radical (unpaired) electrons. The minimum absolute atomic E-state index is 0.102. The summed E-state index contributed by atoms with van der Waals surface area (Å²) >= 11 is 0. The highest BCUT2D eigenvalue weighted by Gasteiger charge is 2.36. The summed E-state index contributed by atoms with van der Waals surface area (Å²) < 4.78 is 34.5. The van der Waals surface area contributed by atoms with E-state index in [4.69, 9.17) is 4.74 Å². The van der Waals surface area contributed by atoms with Crippen LogP contribution in [0.1, 0.15) is 13.3 Å². The van der Waals surface area contributed by atoms with Crippen LogP contribution in [0.5, 0.6) is 0 Å². The molecule has 126 valence electrons. The number of rotatable bonds is 5. The molecule has 1 aliphatic heterocycles. The Morgan fingerprint density at radius 3 is 2.77 bits per heavy atom. The van der Waals surface area contributed by atoms with Crippen LogP contribution in [-0.2, 0) is 21.8 Å². The largest absolute Gasteiger partial charge is 0.380 e. The maximum absolute atomic E-state index is 12.8. The molecule has 0 spiro atoms. The lowest BCUT2D eigenvalue weighted by molar-refractivity contribution is 0.111. The van der Waals surface area contributed by atoms with E-state index >= 15 is 0 Å². The number of hydrogen-bond acceptors (Lipinski definition) is 5. The summed E-state index contributed by atoms with van der Waals surface area (Å²) in [6.07, 6.45) is 3.96. The van der Waals surface area contributed by atoms with Crippen LogP contribution in [0.2, 0.25) is 0 Å². The topological polar surface area (TPSA) is 67.7 Å². The van der Waals surface area contributed by atoms with Crippen LogP contribution in [0, 0.1) is 5.92 Å². The second-order valence-electron chi connectivity index (χ2n) is 6.16. The third-order valence-electron chi connectivity index (χ3n) is 4.13.